The van der Waals surface area contributed by atoms with Gasteiger partial charge in [0.15, 0.2) is 5.82 Å². The Morgan fingerprint density at radius 3 is 2.68 bits per heavy atom. The summed E-state index contributed by atoms with van der Waals surface area (Å²) in [7, 11) is 0. The number of benzene rings is 2. The van der Waals surface area contributed by atoms with Gasteiger partial charge in [-0.25, -0.2) is 4.79 Å². The molecule has 2 aromatic carbocycles. The normalized spacial score (nSPS) is 15.1. The van der Waals surface area contributed by atoms with Gasteiger partial charge in [0.2, 0.25) is 0 Å². The summed E-state index contributed by atoms with van der Waals surface area (Å²) >= 11 is 0. The minimum Gasteiger partial charge on any atom is -0.422 e. The van der Waals surface area contributed by atoms with E-state index in [1.165, 1.54) is 17.3 Å². The minimum absolute atomic E-state index is 0.217. The van der Waals surface area contributed by atoms with E-state index in [1.807, 2.05) is 36.4 Å². The van der Waals surface area contributed by atoms with E-state index in [0.29, 0.717) is 16.7 Å². The van der Waals surface area contributed by atoms with Gasteiger partial charge >= 0.3 is 5.63 Å². The van der Waals surface area contributed by atoms with Crippen LogP contribution in [0.4, 0.5) is 11.5 Å². The smallest absolute Gasteiger partial charge is 0.349 e. The van der Waals surface area contributed by atoms with Crippen LogP contribution in [0.5, 0.6) is 0 Å². The van der Waals surface area contributed by atoms with Gasteiger partial charge in [0, 0.05) is 35.8 Å². The number of hydrogen-bond donors (Lipinski definition) is 4. The van der Waals surface area contributed by atoms with Crippen LogP contribution in [0.3, 0.4) is 0 Å². The maximum atomic E-state index is 13.0. The number of aromatic nitrogens is 2. The third kappa shape index (κ3) is 4.32. The fourth-order valence-electron chi connectivity index (χ4n) is 5.40. The van der Waals surface area contributed by atoms with Crippen molar-refractivity contribution < 1.29 is 19.1 Å². The standard InChI is InChI=1S/C28H27N5O5/c34-15-22(27(36)30-23-14-21(31-32-23)16-6-2-1-3-7-16)29-26(35)20-13-18-12-17-8-4-10-33-11-5-9-19(24(17)33)25(18)38-28(20)37/h1-3,6-7,12-14,22,34H,4-5,8-11,15H2,(H,29,35)(H2,30,31,32,36)/t22-/m0/s1. The lowest BCUT2D eigenvalue weighted by molar-refractivity contribution is -0.118. The molecule has 4 aromatic rings. The first kappa shape index (κ1) is 23.9. The molecule has 0 radical (unpaired) electrons. The highest BCUT2D eigenvalue weighted by Crippen LogP contribution is 2.39. The van der Waals surface area contributed by atoms with E-state index < -0.39 is 30.1 Å². The molecule has 0 spiro atoms. The second-order valence-electron chi connectivity index (χ2n) is 9.65. The molecule has 194 valence electrons. The topological polar surface area (TPSA) is 141 Å². The Hall–Kier alpha value is -4.44. The third-order valence-electron chi connectivity index (χ3n) is 7.18. The van der Waals surface area contributed by atoms with Crippen molar-refractivity contribution in [1.82, 2.24) is 15.5 Å². The number of rotatable bonds is 6. The second kappa shape index (κ2) is 9.79. The van der Waals surface area contributed by atoms with Gasteiger partial charge in [-0.1, -0.05) is 30.3 Å². The van der Waals surface area contributed by atoms with E-state index >= 15 is 0 Å². The molecule has 0 aliphatic carbocycles. The molecule has 10 nitrogen and oxygen atoms in total. The maximum absolute atomic E-state index is 13.0. The summed E-state index contributed by atoms with van der Waals surface area (Å²) in [6.45, 7) is 1.32. The lowest BCUT2D eigenvalue weighted by Crippen LogP contribution is -2.47. The van der Waals surface area contributed by atoms with Gasteiger partial charge in [-0.15, -0.1) is 0 Å². The van der Waals surface area contributed by atoms with Crippen molar-refractivity contribution in [2.75, 3.05) is 29.9 Å². The number of nitrogens with zero attached hydrogens (tertiary/aromatic N) is 2. The Morgan fingerprint density at radius 1 is 1.11 bits per heavy atom. The van der Waals surface area contributed by atoms with E-state index in [0.717, 1.165) is 49.9 Å². The van der Waals surface area contributed by atoms with Crippen LogP contribution in [-0.4, -0.2) is 52.9 Å². The van der Waals surface area contributed by atoms with Gasteiger partial charge in [-0.05, 0) is 48.9 Å². The summed E-state index contributed by atoms with van der Waals surface area (Å²) < 4.78 is 5.68. The first-order chi connectivity index (χ1) is 18.5. The van der Waals surface area contributed by atoms with Crippen LogP contribution in [-0.2, 0) is 17.6 Å². The summed E-state index contributed by atoms with van der Waals surface area (Å²) in [5.74, 6) is -1.23. The maximum Gasteiger partial charge on any atom is 0.349 e. The number of carbonyl (C=O) groups excluding carboxylic acids is 2. The molecule has 2 aliphatic rings. The summed E-state index contributed by atoms with van der Waals surface area (Å²) in [6, 6.07) is 13.3. The average molecular weight is 514 g/mol. The largest absolute Gasteiger partial charge is 0.422 e. The number of H-pyrrole nitrogens is 1. The van der Waals surface area contributed by atoms with Crippen molar-refractivity contribution in [3.05, 3.63) is 75.6 Å². The van der Waals surface area contributed by atoms with Crippen molar-refractivity contribution >= 4 is 34.3 Å². The van der Waals surface area contributed by atoms with E-state index in [-0.39, 0.29) is 11.4 Å². The quantitative estimate of drug-likeness (QED) is 0.291. The van der Waals surface area contributed by atoms with E-state index in [2.05, 4.69) is 25.7 Å². The number of amides is 2. The Bertz CT molecular complexity index is 1590. The zero-order valence-corrected chi connectivity index (χ0v) is 20.6. The zero-order valence-electron chi connectivity index (χ0n) is 20.6. The Labute approximate surface area is 217 Å². The molecule has 4 heterocycles. The molecule has 0 unspecified atom stereocenters. The molecular formula is C28H27N5O5. The van der Waals surface area contributed by atoms with E-state index in [1.54, 1.807) is 6.07 Å². The number of hydrogen-bond acceptors (Lipinski definition) is 7. The predicted octanol–water partition coefficient (Wildman–Crippen LogP) is 2.61. The van der Waals surface area contributed by atoms with Crippen molar-refractivity contribution in [3.8, 4) is 11.3 Å². The average Bonchev–Trinajstić information content (AvgIpc) is 3.41. The number of aryl methyl sites for hydroxylation is 2. The highest BCUT2D eigenvalue weighted by atomic mass is 16.4. The molecule has 4 N–H and O–H groups in total. The minimum atomic E-state index is -1.30. The van der Waals surface area contributed by atoms with Crippen LogP contribution in [0.25, 0.3) is 22.2 Å². The molecule has 10 heteroatoms. The van der Waals surface area contributed by atoms with Crippen molar-refractivity contribution in [3.63, 3.8) is 0 Å². The molecule has 0 saturated heterocycles. The number of aromatic amines is 1. The lowest BCUT2D eigenvalue weighted by atomic mass is 9.90. The molecular weight excluding hydrogens is 486 g/mol. The molecule has 0 bridgehead atoms. The first-order valence-corrected chi connectivity index (χ1v) is 12.7. The van der Waals surface area contributed by atoms with E-state index in [9.17, 15) is 19.5 Å². The number of nitrogens with one attached hydrogen (secondary N) is 3. The van der Waals surface area contributed by atoms with Crippen LogP contribution in [0.2, 0.25) is 0 Å². The Kier molecular flexibility index (Phi) is 6.16. The van der Waals surface area contributed by atoms with Gasteiger partial charge < -0.3 is 25.1 Å². The van der Waals surface area contributed by atoms with Crippen molar-refractivity contribution in [2.45, 2.75) is 31.7 Å². The zero-order chi connectivity index (χ0) is 26.2. The number of fused-ring (bicyclic) bond motifs is 2. The third-order valence-corrected chi connectivity index (χ3v) is 7.18. The number of anilines is 2. The fraction of sp³-hybridized carbons (Fsp3) is 0.286. The molecule has 2 amide bonds. The van der Waals surface area contributed by atoms with Crippen LogP contribution in [0.1, 0.15) is 34.3 Å². The highest BCUT2D eigenvalue weighted by molar-refractivity contribution is 6.02. The number of aliphatic hydroxyl groups excluding tert-OH is 1. The Balaban J connectivity index is 1.22. The summed E-state index contributed by atoms with van der Waals surface area (Å²) in [6.07, 6.45) is 3.78. The Morgan fingerprint density at radius 2 is 1.89 bits per heavy atom. The highest BCUT2D eigenvalue weighted by Gasteiger charge is 2.29. The molecule has 6 rings (SSSR count). The van der Waals surface area contributed by atoms with Crippen molar-refractivity contribution in [2.24, 2.45) is 0 Å². The van der Waals surface area contributed by atoms with Gasteiger partial charge in [-0.2, -0.15) is 5.10 Å². The van der Waals surface area contributed by atoms with Gasteiger partial charge in [0.05, 0.1) is 12.3 Å². The predicted molar refractivity (Wildman–Crippen MR) is 142 cm³/mol. The van der Waals surface area contributed by atoms with Crippen molar-refractivity contribution in [1.29, 1.82) is 0 Å². The summed E-state index contributed by atoms with van der Waals surface area (Å²) in [4.78, 5) is 41.0. The second-order valence-corrected chi connectivity index (χ2v) is 9.65. The van der Waals surface area contributed by atoms with Gasteiger partial charge in [-0.3, -0.25) is 14.7 Å². The van der Waals surface area contributed by atoms with Crippen LogP contribution in [0.15, 0.2) is 57.7 Å². The fourth-order valence-corrected chi connectivity index (χ4v) is 5.40. The van der Waals surface area contributed by atoms with Gasteiger partial charge in [0.1, 0.15) is 17.2 Å². The summed E-state index contributed by atoms with van der Waals surface area (Å²) in [5, 5.41) is 22.4. The number of aliphatic hydroxyl groups is 1. The molecule has 2 aromatic heterocycles. The lowest BCUT2D eigenvalue weighted by Gasteiger charge is -2.37. The summed E-state index contributed by atoms with van der Waals surface area (Å²) in [5.41, 5.74) is 4.49. The van der Waals surface area contributed by atoms with Crippen LogP contribution in [0, 0.1) is 0 Å². The molecule has 0 saturated carbocycles. The molecule has 0 fully saturated rings. The number of carbonyl (C=O) groups is 2. The molecule has 38 heavy (non-hydrogen) atoms. The van der Waals surface area contributed by atoms with Gasteiger partial charge in [0.25, 0.3) is 11.8 Å². The molecule has 2 aliphatic heterocycles. The van der Waals surface area contributed by atoms with Crippen LogP contribution >= 0.6 is 0 Å². The van der Waals surface area contributed by atoms with E-state index in [4.69, 9.17) is 4.42 Å². The SMILES string of the molecule is O=C(N[C@@H](CO)C(=O)Nc1cc(-c2ccccc2)[nH]n1)c1cc2cc3c4c(c2oc1=O)CCCN4CCC3. The first-order valence-electron chi connectivity index (χ1n) is 12.7. The monoisotopic (exact) mass is 513 g/mol. The van der Waals surface area contributed by atoms with Crippen LogP contribution < -0.4 is 21.2 Å². The molecule has 1 atom stereocenters.